The summed E-state index contributed by atoms with van der Waals surface area (Å²) in [5, 5.41) is 1.19. The average molecular weight is 330 g/mol. The number of rotatable bonds is 4. The summed E-state index contributed by atoms with van der Waals surface area (Å²) < 4.78 is 5.88. The molecule has 21 heavy (non-hydrogen) atoms. The fourth-order valence-electron chi connectivity index (χ4n) is 3.21. The molecular formula is C17H25Cl2NO. The minimum Gasteiger partial charge on any atom is -0.377 e. The molecule has 118 valence electrons. The Balaban J connectivity index is 2.14. The van der Waals surface area contributed by atoms with Crippen LogP contribution in [0.15, 0.2) is 18.2 Å². The average Bonchev–Trinajstić information content (AvgIpc) is 2.44. The molecule has 0 aliphatic heterocycles. The monoisotopic (exact) mass is 329 g/mol. The van der Waals surface area contributed by atoms with Gasteiger partial charge in [-0.25, -0.2) is 0 Å². The Kier molecular flexibility index (Phi) is 5.25. The van der Waals surface area contributed by atoms with Crippen molar-refractivity contribution in [2.24, 2.45) is 11.1 Å². The molecule has 1 fully saturated rings. The van der Waals surface area contributed by atoms with Crippen LogP contribution in [0.4, 0.5) is 0 Å². The van der Waals surface area contributed by atoms with E-state index >= 15 is 0 Å². The maximum Gasteiger partial charge on any atom is 0.0832 e. The first-order valence-corrected chi connectivity index (χ1v) is 8.29. The fourth-order valence-corrected chi connectivity index (χ4v) is 3.60. The van der Waals surface area contributed by atoms with Crippen LogP contribution in [0, 0.1) is 5.41 Å². The highest BCUT2D eigenvalue weighted by atomic mass is 35.5. The molecule has 0 amide bonds. The van der Waals surface area contributed by atoms with Crippen molar-refractivity contribution in [3.05, 3.63) is 33.8 Å². The highest BCUT2D eigenvalue weighted by Crippen LogP contribution is 2.43. The van der Waals surface area contributed by atoms with Crippen LogP contribution in [-0.4, -0.2) is 18.8 Å². The molecule has 0 radical (unpaired) electrons. The Bertz CT molecular complexity index is 492. The molecule has 1 unspecified atom stereocenters. The van der Waals surface area contributed by atoms with Crippen LogP contribution in [0.1, 0.15) is 45.1 Å². The van der Waals surface area contributed by atoms with Gasteiger partial charge in [0.05, 0.1) is 15.6 Å². The third kappa shape index (κ3) is 3.73. The molecule has 1 aliphatic carbocycles. The molecule has 1 aromatic rings. The lowest BCUT2D eigenvalue weighted by Gasteiger charge is -2.46. The standard InChI is InChI=1S/C17H25Cl2NO/c1-16(2)7-9-17(21-3,10-8-16)14(20)11-12-5-4-6-13(18)15(12)19/h4-6,14H,7-11,20H2,1-3H3. The van der Waals surface area contributed by atoms with E-state index in [9.17, 15) is 0 Å². The summed E-state index contributed by atoms with van der Waals surface area (Å²) in [6, 6.07) is 5.63. The van der Waals surface area contributed by atoms with Gasteiger partial charge in [-0.05, 0) is 49.1 Å². The minimum absolute atomic E-state index is 0.0745. The molecule has 1 aliphatic rings. The Morgan fingerprint density at radius 2 is 1.81 bits per heavy atom. The normalized spacial score (nSPS) is 22.0. The predicted octanol–water partition coefficient (Wildman–Crippen LogP) is 4.85. The Hall–Kier alpha value is -0.280. The lowest BCUT2D eigenvalue weighted by Crippen LogP contribution is -2.53. The van der Waals surface area contributed by atoms with Gasteiger partial charge in [-0.1, -0.05) is 49.2 Å². The smallest absolute Gasteiger partial charge is 0.0832 e. The second-order valence-corrected chi connectivity index (χ2v) is 7.74. The molecule has 4 heteroatoms. The van der Waals surface area contributed by atoms with E-state index in [1.54, 1.807) is 13.2 Å². The van der Waals surface area contributed by atoms with Crippen molar-refractivity contribution in [3.63, 3.8) is 0 Å². The molecule has 2 N–H and O–H groups in total. The van der Waals surface area contributed by atoms with E-state index < -0.39 is 0 Å². The molecular weight excluding hydrogens is 305 g/mol. The molecule has 1 atom stereocenters. The van der Waals surface area contributed by atoms with Crippen LogP contribution >= 0.6 is 23.2 Å². The molecule has 1 saturated carbocycles. The van der Waals surface area contributed by atoms with Gasteiger partial charge in [-0.3, -0.25) is 0 Å². The third-order valence-electron chi connectivity index (χ3n) is 5.00. The summed E-state index contributed by atoms with van der Waals surface area (Å²) in [5.41, 5.74) is 7.64. The highest BCUT2D eigenvalue weighted by Gasteiger charge is 2.42. The van der Waals surface area contributed by atoms with Crippen molar-refractivity contribution in [3.8, 4) is 0 Å². The lowest BCUT2D eigenvalue weighted by atomic mass is 9.68. The van der Waals surface area contributed by atoms with Crippen LogP contribution in [0.2, 0.25) is 10.0 Å². The van der Waals surface area contributed by atoms with Crippen molar-refractivity contribution >= 4 is 23.2 Å². The zero-order valence-corrected chi connectivity index (χ0v) is 14.6. The number of hydrogen-bond acceptors (Lipinski definition) is 2. The molecule has 0 aromatic heterocycles. The quantitative estimate of drug-likeness (QED) is 0.856. The molecule has 0 saturated heterocycles. The second kappa shape index (κ2) is 6.45. The maximum atomic E-state index is 6.51. The predicted molar refractivity (Wildman–Crippen MR) is 90.1 cm³/mol. The molecule has 1 aromatic carbocycles. The summed E-state index contributed by atoms with van der Waals surface area (Å²) in [4.78, 5) is 0. The van der Waals surface area contributed by atoms with Crippen LogP contribution in [0.3, 0.4) is 0 Å². The van der Waals surface area contributed by atoms with Gasteiger partial charge in [0.2, 0.25) is 0 Å². The van der Waals surface area contributed by atoms with Crippen molar-refractivity contribution in [2.45, 2.75) is 57.6 Å². The first-order chi connectivity index (χ1) is 9.80. The molecule has 2 nitrogen and oxygen atoms in total. The van der Waals surface area contributed by atoms with E-state index in [1.807, 2.05) is 12.1 Å². The minimum atomic E-state index is -0.249. The summed E-state index contributed by atoms with van der Waals surface area (Å²) in [6.45, 7) is 4.62. The SMILES string of the molecule is COC1(C(N)Cc2cccc(Cl)c2Cl)CCC(C)(C)CC1. The summed E-state index contributed by atoms with van der Waals surface area (Å²) in [6.07, 6.45) is 4.95. The first-order valence-electron chi connectivity index (χ1n) is 7.53. The van der Waals surface area contributed by atoms with E-state index in [0.29, 0.717) is 21.9 Å². The largest absolute Gasteiger partial charge is 0.377 e. The summed E-state index contributed by atoms with van der Waals surface area (Å²) in [5.74, 6) is 0. The zero-order valence-electron chi connectivity index (χ0n) is 13.1. The third-order valence-corrected chi connectivity index (χ3v) is 5.86. The van der Waals surface area contributed by atoms with Crippen molar-refractivity contribution in [1.29, 1.82) is 0 Å². The van der Waals surface area contributed by atoms with Gasteiger partial charge >= 0.3 is 0 Å². The molecule has 0 heterocycles. The Morgan fingerprint density at radius 3 is 2.38 bits per heavy atom. The topological polar surface area (TPSA) is 35.2 Å². The van der Waals surface area contributed by atoms with Crippen LogP contribution < -0.4 is 5.73 Å². The highest BCUT2D eigenvalue weighted by molar-refractivity contribution is 6.42. The van der Waals surface area contributed by atoms with Gasteiger partial charge in [0, 0.05) is 13.2 Å². The lowest BCUT2D eigenvalue weighted by molar-refractivity contribution is -0.0781. The number of hydrogen-bond donors (Lipinski definition) is 1. The molecule has 2 rings (SSSR count). The van der Waals surface area contributed by atoms with Gasteiger partial charge in [-0.15, -0.1) is 0 Å². The van der Waals surface area contributed by atoms with Crippen molar-refractivity contribution in [1.82, 2.24) is 0 Å². The van der Waals surface area contributed by atoms with Gasteiger partial charge in [0.25, 0.3) is 0 Å². The van der Waals surface area contributed by atoms with E-state index in [-0.39, 0.29) is 11.6 Å². The van der Waals surface area contributed by atoms with Crippen LogP contribution in [-0.2, 0) is 11.2 Å². The van der Waals surface area contributed by atoms with Gasteiger partial charge in [0.15, 0.2) is 0 Å². The van der Waals surface area contributed by atoms with Crippen LogP contribution in [0.5, 0.6) is 0 Å². The summed E-state index contributed by atoms with van der Waals surface area (Å²) in [7, 11) is 1.78. The molecule has 0 spiro atoms. The van der Waals surface area contributed by atoms with Crippen LogP contribution in [0.25, 0.3) is 0 Å². The number of ether oxygens (including phenoxy) is 1. The Labute approximate surface area is 137 Å². The summed E-state index contributed by atoms with van der Waals surface area (Å²) >= 11 is 12.4. The van der Waals surface area contributed by atoms with Crippen molar-refractivity contribution in [2.75, 3.05) is 7.11 Å². The zero-order chi connectivity index (χ0) is 15.7. The second-order valence-electron chi connectivity index (χ2n) is 6.96. The maximum absolute atomic E-state index is 6.51. The Morgan fingerprint density at radius 1 is 1.19 bits per heavy atom. The number of benzene rings is 1. The van der Waals surface area contributed by atoms with E-state index in [0.717, 1.165) is 31.2 Å². The van der Waals surface area contributed by atoms with Gasteiger partial charge in [0.1, 0.15) is 0 Å². The number of nitrogens with two attached hydrogens (primary N) is 1. The van der Waals surface area contributed by atoms with Gasteiger partial charge in [-0.2, -0.15) is 0 Å². The number of halogens is 2. The van der Waals surface area contributed by atoms with E-state index in [1.165, 1.54) is 0 Å². The number of methoxy groups -OCH3 is 1. The van der Waals surface area contributed by atoms with E-state index in [2.05, 4.69) is 13.8 Å². The van der Waals surface area contributed by atoms with E-state index in [4.69, 9.17) is 33.7 Å². The first kappa shape index (κ1) is 17.1. The van der Waals surface area contributed by atoms with Crippen molar-refractivity contribution < 1.29 is 4.74 Å². The fraction of sp³-hybridized carbons (Fsp3) is 0.647. The molecule has 0 bridgehead atoms. The van der Waals surface area contributed by atoms with Gasteiger partial charge < -0.3 is 10.5 Å².